The quantitative estimate of drug-likeness (QED) is 0.565. The maximum Gasteiger partial charge on any atom is 0.312 e. The topological polar surface area (TPSA) is 103 Å². The third-order valence-electron chi connectivity index (χ3n) is 3.60. The molecule has 0 aliphatic rings. The van der Waals surface area contributed by atoms with Gasteiger partial charge < -0.3 is 25.8 Å². The number of rotatable bonds is 10. The lowest BCUT2D eigenvalue weighted by atomic mass is 9.98. The molecule has 1 aromatic carbocycles. The summed E-state index contributed by atoms with van der Waals surface area (Å²) >= 11 is 0. The predicted molar refractivity (Wildman–Crippen MR) is 92.1 cm³/mol. The molecule has 7 nitrogen and oxygen atoms in total. The van der Waals surface area contributed by atoms with Crippen molar-refractivity contribution in [3.8, 4) is 11.5 Å². The molecule has 0 saturated heterocycles. The summed E-state index contributed by atoms with van der Waals surface area (Å²) in [4.78, 5) is 23.2. The van der Waals surface area contributed by atoms with Gasteiger partial charge in [0.2, 0.25) is 5.91 Å². The van der Waals surface area contributed by atoms with Gasteiger partial charge in [-0.05, 0) is 37.1 Å². The lowest BCUT2D eigenvalue weighted by Gasteiger charge is -2.22. The van der Waals surface area contributed by atoms with Gasteiger partial charge in [-0.25, -0.2) is 4.79 Å². The molecule has 134 valence electrons. The number of hydrogen-bond donors (Lipinski definition) is 3. The van der Waals surface area contributed by atoms with E-state index < -0.39 is 12.1 Å². The van der Waals surface area contributed by atoms with Gasteiger partial charge in [0, 0.05) is 0 Å². The van der Waals surface area contributed by atoms with Crippen LogP contribution in [0.4, 0.5) is 4.79 Å². The molecule has 2 atom stereocenters. The first-order valence-electron chi connectivity index (χ1n) is 8.17. The number of amides is 3. The molecule has 0 aromatic heterocycles. The Kier molecular flexibility index (Phi) is 8.46. The smallest absolute Gasteiger partial charge is 0.312 e. The fourth-order valence-corrected chi connectivity index (χ4v) is 2.11. The van der Waals surface area contributed by atoms with Crippen molar-refractivity contribution in [2.75, 3.05) is 19.8 Å². The van der Waals surface area contributed by atoms with E-state index in [0.717, 1.165) is 12.2 Å². The Morgan fingerprint density at radius 3 is 2.21 bits per heavy atom. The molecule has 0 saturated carbocycles. The Hall–Kier alpha value is -2.44. The molecule has 0 heterocycles. The minimum atomic E-state index is -0.707. The summed E-state index contributed by atoms with van der Waals surface area (Å²) in [6, 6.07) is 5.92. The second-order valence-corrected chi connectivity index (χ2v) is 5.42. The summed E-state index contributed by atoms with van der Waals surface area (Å²) in [6.07, 6.45) is 0.751. The number of nitrogens with two attached hydrogens (primary N) is 1. The molecule has 0 aliphatic heterocycles. The first kappa shape index (κ1) is 19.6. The number of primary amides is 1. The Bertz CT molecular complexity index is 519. The molecule has 1 aromatic rings. The molecular formula is C17H27N3O4. The van der Waals surface area contributed by atoms with Crippen molar-refractivity contribution in [3.05, 3.63) is 24.3 Å². The first-order chi connectivity index (χ1) is 11.5. The van der Waals surface area contributed by atoms with Crippen LogP contribution in [0.15, 0.2) is 24.3 Å². The number of carbonyl (C=O) groups is 2. The van der Waals surface area contributed by atoms with Gasteiger partial charge in [0.05, 0.1) is 13.2 Å². The summed E-state index contributed by atoms with van der Waals surface area (Å²) < 4.78 is 10.9. The normalized spacial score (nSPS) is 12.8. The Labute approximate surface area is 142 Å². The number of nitrogens with one attached hydrogen (secondary N) is 2. The van der Waals surface area contributed by atoms with Crippen LogP contribution in [0.5, 0.6) is 11.5 Å². The minimum Gasteiger partial charge on any atom is -0.494 e. The van der Waals surface area contributed by atoms with Crippen molar-refractivity contribution in [3.63, 3.8) is 0 Å². The molecular weight excluding hydrogens is 310 g/mol. The summed E-state index contributed by atoms with van der Waals surface area (Å²) in [5.41, 5.74) is 5.12. The second kappa shape index (κ2) is 10.4. The van der Waals surface area contributed by atoms with Crippen molar-refractivity contribution in [1.82, 2.24) is 10.6 Å². The highest BCUT2D eigenvalue weighted by molar-refractivity contribution is 5.86. The standard InChI is InChI=1S/C17H27N3O4/c1-4-12(3)15(20-17(18)22)16(21)19-10-11-24-14-8-6-13(7-9-14)23-5-2/h6-9,12,15H,4-5,10-11H2,1-3H3,(H,19,21)(H3,18,20,22)/t12-,15-/m0/s1. The molecule has 1 rings (SSSR count). The summed E-state index contributed by atoms with van der Waals surface area (Å²) in [6.45, 7) is 7.03. The van der Waals surface area contributed by atoms with Crippen LogP contribution in [0.3, 0.4) is 0 Å². The number of ether oxygens (including phenoxy) is 2. The van der Waals surface area contributed by atoms with Gasteiger partial charge >= 0.3 is 6.03 Å². The van der Waals surface area contributed by atoms with Gasteiger partial charge in [-0.1, -0.05) is 20.3 Å². The van der Waals surface area contributed by atoms with E-state index in [1.807, 2.05) is 45.0 Å². The lowest BCUT2D eigenvalue weighted by Crippen LogP contribution is -2.52. The molecule has 0 fully saturated rings. The zero-order chi connectivity index (χ0) is 17.9. The molecule has 3 amide bonds. The predicted octanol–water partition coefficient (Wildman–Crippen LogP) is 1.66. The molecule has 0 aliphatic carbocycles. The zero-order valence-corrected chi connectivity index (χ0v) is 14.5. The molecule has 24 heavy (non-hydrogen) atoms. The fourth-order valence-electron chi connectivity index (χ4n) is 2.11. The van der Waals surface area contributed by atoms with E-state index in [1.54, 1.807) is 0 Å². The lowest BCUT2D eigenvalue weighted by molar-refractivity contribution is -0.124. The van der Waals surface area contributed by atoms with Crippen LogP contribution in [0.2, 0.25) is 0 Å². The van der Waals surface area contributed by atoms with Gasteiger partial charge in [0.25, 0.3) is 0 Å². The molecule has 0 spiro atoms. The molecule has 4 N–H and O–H groups in total. The van der Waals surface area contributed by atoms with Crippen molar-refractivity contribution < 1.29 is 19.1 Å². The monoisotopic (exact) mass is 337 g/mol. The van der Waals surface area contributed by atoms with E-state index in [0.29, 0.717) is 25.5 Å². The number of benzene rings is 1. The molecule has 0 unspecified atom stereocenters. The largest absolute Gasteiger partial charge is 0.494 e. The van der Waals surface area contributed by atoms with Crippen molar-refractivity contribution >= 4 is 11.9 Å². The Morgan fingerprint density at radius 2 is 1.71 bits per heavy atom. The van der Waals surface area contributed by atoms with Crippen LogP contribution in [-0.2, 0) is 4.79 Å². The van der Waals surface area contributed by atoms with Crippen LogP contribution in [0.1, 0.15) is 27.2 Å². The van der Waals surface area contributed by atoms with E-state index in [9.17, 15) is 9.59 Å². The van der Waals surface area contributed by atoms with Gasteiger partial charge in [0.15, 0.2) is 0 Å². The fraction of sp³-hybridized carbons (Fsp3) is 0.529. The molecule has 7 heteroatoms. The van der Waals surface area contributed by atoms with Crippen LogP contribution in [-0.4, -0.2) is 37.7 Å². The number of carbonyl (C=O) groups excluding carboxylic acids is 2. The van der Waals surface area contributed by atoms with Gasteiger partial charge in [-0.15, -0.1) is 0 Å². The highest BCUT2D eigenvalue weighted by Crippen LogP contribution is 2.17. The molecule has 0 bridgehead atoms. The van der Waals surface area contributed by atoms with Crippen molar-refractivity contribution in [2.24, 2.45) is 11.7 Å². The molecule has 0 radical (unpaired) electrons. The van der Waals surface area contributed by atoms with Crippen molar-refractivity contribution in [2.45, 2.75) is 33.2 Å². The van der Waals surface area contributed by atoms with E-state index in [2.05, 4.69) is 10.6 Å². The highest BCUT2D eigenvalue weighted by Gasteiger charge is 2.24. The average Bonchev–Trinajstić information content (AvgIpc) is 2.57. The van der Waals surface area contributed by atoms with Crippen molar-refractivity contribution in [1.29, 1.82) is 0 Å². The SMILES string of the molecule is CCOc1ccc(OCCNC(=O)[C@@H](NC(N)=O)[C@@H](C)CC)cc1. The van der Waals surface area contributed by atoms with Crippen LogP contribution in [0.25, 0.3) is 0 Å². The summed E-state index contributed by atoms with van der Waals surface area (Å²) in [7, 11) is 0. The highest BCUT2D eigenvalue weighted by atomic mass is 16.5. The second-order valence-electron chi connectivity index (χ2n) is 5.42. The maximum atomic E-state index is 12.2. The van der Waals surface area contributed by atoms with Gasteiger partial charge in [-0.2, -0.15) is 0 Å². The minimum absolute atomic E-state index is 0.00970. The third-order valence-corrected chi connectivity index (χ3v) is 3.60. The Balaban J connectivity index is 2.39. The number of hydrogen-bond acceptors (Lipinski definition) is 4. The maximum absolute atomic E-state index is 12.2. The Morgan fingerprint density at radius 1 is 1.12 bits per heavy atom. The van der Waals surface area contributed by atoms with Crippen LogP contribution in [0, 0.1) is 5.92 Å². The van der Waals surface area contributed by atoms with E-state index in [1.165, 1.54) is 0 Å². The summed E-state index contributed by atoms with van der Waals surface area (Å²) in [5, 5.41) is 5.23. The van der Waals surface area contributed by atoms with Crippen LogP contribution >= 0.6 is 0 Å². The van der Waals surface area contributed by atoms with Crippen LogP contribution < -0.4 is 25.8 Å². The number of urea groups is 1. The first-order valence-corrected chi connectivity index (χ1v) is 8.17. The summed E-state index contributed by atoms with van der Waals surface area (Å²) in [5.74, 6) is 1.21. The zero-order valence-electron chi connectivity index (χ0n) is 14.5. The van der Waals surface area contributed by atoms with E-state index in [-0.39, 0.29) is 11.8 Å². The van der Waals surface area contributed by atoms with Gasteiger partial charge in [0.1, 0.15) is 24.1 Å². The van der Waals surface area contributed by atoms with E-state index >= 15 is 0 Å². The van der Waals surface area contributed by atoms with E-state index in [4.69, 9.17) is 15.2 Å². The van der Waals surface area contributed by atoms with Gasteiger partial charge in [-0.3, -0.25) is 4.79 Å². The third kappa shape index (κ3) is 6.76. The average molecular weight is 337 g/mol.